The second kappa shape index (κ2) is 15.4. The topological polar surface area (TPSA) is 150 Å². The SMILES string of the molecule is C=C(COC(=O)NC(C)CC)C(=O)N1CCN(c2nc(OC[C@@]34CCCN3CC(F)C4)nc3c(F)c(-c4ccc(F)c5sc(N)c(C#N)c45)c(Cl)cc23)CC1. The Morgan fingerprint density at radius 2 is 2.00 bits per heavy atom. The van der Waals surface area contributed by atoms with Gasteiger partial charge in [0, 0.05) is 67.1 Å². The van der Waals surface area contributed by atoms with Crippen molar-refractivity contribution in [3.05, 3.63) is 52.6 Å². The molecule has 0 bridgehead atoms. The molecule has 0 radical (unpaired) electrons. The van der Waals surface area contributed by atoms with Crippen LogP contribution in [0.25, 0.3) is 32.1 Å². The minimum Gasteiger partial charge on any atom is -0.461 e. The molecular weight excluding hydrogens is 757 g/mol. The number of nitriles is 1. The number of nitrogens with two attached hydrogens (primary N) is 1. The van der Waals surface area contributed by atoms with Crippen LogP contribution in [0, 0.1) is 23.0 Å². The lowest BCUT2D eigenvalue weighted by atomic mass is 9.95. The molecule has 7 rings (SSSR count). The Morgan fingerprint density at radius 1 is 1.24 bits per heavy atom. The monoisotopic (exact) mass is 796 g/mol. The quantitative estimate of drug-likeness (QED) is 0.169. The van der Waals surface area contributed by atoms with Crippen molar-refractivity contribution in [2.24, 2.45) is 0 Å². The van der Waals surface area contributed by atoms with Gasteiger partial charge in [-0.05, 0) is 50.4 Å². The summed E-state index contributed by atoms with van der Waals surface area (Å²) in [5.41, 5.74) is 5.60. The predicted octanol–water partition coefficient (Wildman–Crippen LogP) is 6.58. The molecule has 3 aliphatic rings. The molecule has 2 aromatic carbocycles. The molecule has 3 saturated heterocycles. The van der Waals surface area contributed by atoms with Crippen LogP contribution in [0.2, 0.25) is 5.02 Å². The maximum absolute atomic E-state index is 17.1. The van der Waals surface area contributed by atoms with Crippen molar-refractivity contribution in [3.8, 4) is 23.2 Å². The highest BCUT2D eigenvalue weighted by Gasteiger charge is 2.49. The second-order valence-corrected chi connectivity index (χ2v) is 15.8. The number of piperazine rings is 1. The van der Waals surface area contributed by atoms with Gasteiger partial charge >= 0.3 is 12.1 Å². The molecule has 3 N–H and O–H groups in total. The first-order valence-electron chi connectivity index (χ1n) is 18.1. The van der Waals surface area contributed by atoms with Crippen molar-refractivity contribution in [2.45, 2.75) is 57.3 Å². The standard InChI is InChI=1S/C38H40ClF3N8O4S/c1-4-21(3)45-37(52)53-18-20(2)35(51)49-12-10-48(11-13-49)34-24-14-26(39)29(23-6-7-27(41)32-28(23)25(16-43)33(44)55-32)30(42)31(24)46-36(47-34)54-19-38-8-5-9-50(38)17-22(40)15-38/h6-7,14,21-22H,2,4-5,8-13,15,17-19,44H2,1,3H3,(H,45,52)/t21?,22?,38-/m0/s1. The van der Waals surface area contributed by atoms with E-state index in [0.717, 1.165) is 37.1 Å². The normalized spacial score (nSPS) is 20.4. The number of amides is 2. The fourth-order valence-electron chi connectivity index (χ4n) is 7.77. The predicted molar refractivity (Wildman–Crippen MR) is 205 cm³/mol. The highest BCUT2D eigenvalue weighted by atomic mass is 35.5. The van der Waals surface area contributed by atoms with E-state index in [9.17, 15) is 23.6 Å². The van der Waals surface area contributed by atoms with Crippen LogP contribution in [0.1, 0.15) is 45.1 Å². The van der Waals surface area contributed by atoms with Gasteiger partial charge < -0.3 is 30.3 Å². The number of hydrogen-bond acceptors (Lipinski definition) is 11. The van der Waals surface area contributed by atoms with Gasteiger partial charge in [0.1, 0.15) is 47.6 Å². The van der Waals surface area contributed by atoms with Gasteiger partial charge in [-0.2, -0.15) is 15.2 Å². The van der Waals surface area contributed by atoms with E-state index in [1.54, 1.807) is 4.90 Å². The third-order valence-electron chi connectivity index (χ3n) is 10.8. The summed E-state index contributed by atoms with van der Waals surface area (Å²) >= 11 is 7.74. The Kier molecular flexibility index (Phi) is 10.7. The molecule has 3 aliphatic heterocycles. The summed E-state index contributed by atoms with van der Waals surface area (Å²) in [5, 5.41) is 13.0. The molecule has 5 heterocycles. The van der Waals surface area contributed by atoms with Gasteiger partial charge in [-0.15, -0.1) is 11.3 Å². The van der Waals surface area contributed by atoms with E-state index in [-0.39, 0.29) is 111 Å². The number of nitrogens with zero attached hydrogens (tertiary/aromatic N) is 6. The average Bonchev–Trinajstić information content (AvgIpc) is 3.82. The fraction of sp³-hybridized carbons (Fsp3) is 0.447. The van der Waals surface area contributed by atoms with E-state index in [0.29, 0.717) is 18.8 Å². The van der Waals surface area contributed by atoms with Crippen molar-refractivity contribution in [1.82, 2.24) is 25.1 Å². The summed E-state index contributed by atoms with van der Waals surface area (Å²) in [4.78, 5) is 40.1. The highest BCUT2D eigenvalue weighted by Crippen LogP contribution is 2.46. The van der Waals surface area contributed by atoms with Crippen molar-refractivity contribution >= 4 is 66.7 Å². The summed E-state index contributed by atoms with van der Waals surface area (Å²) in [6.07, 6.45) is 1.04. The van der Waals surface area contributed by atoms with Crippen LogP contribution in [0.15, 0.2) is 30.4 Å². The van der Waals surface area contributed by atoms with Gasteiger partial charge in [0.15, 0.2) is 5.82 Å². The van der Waals surface area contributed by atoms with E-state index in [1.165, 1.54) is 18.2 Å². The summed E-state index contributed by atoms with van der Waals surface area (Å²) in [7, 11) is 0. The van der Waals surface area contributed by atoms with E-state index in [2.05, 4.69) is 21.8 Å². The third kappa shape index (κ3) is 7.20. The van der Waals surface area contributed by atoms with Crippen molar-refractivity contribution in [2.75, 3.05) is 63.1 Å². The van der Waals surface area contributed by atoms with Crippen molar-refractivity contribution < 1.29 is 32.2 Å². The molecule has 17 heteroatoms. The molecule has 2 aromatic heterocycles. The number of carbonyl (C=O) groups excluding carboxylic acids is 2. The van der Waals surface area contributed by atoms with Gasteiger partial charge in [0.2, 0.25) is 0 Å². The summed E-state index contributed by atoms with van der Waals surface area (Å²) in [6.45, 7) is 9.53. The number of anilines is 2. The van der Waals surface area contributed by atoms with Gasteiger partial charge in [0.25, 0.3) is 5.91 Å². The Morgan fingerprint density at radius 3 is 2.73 bits per heavy atom. The summed E-state index contributed by atoms with van der Waals surface area (Å²) in [6, 6.07) is 5.85. The maximum Gasteiger partial charge on any atom is 0.407 e. The summed E-state index contributed by atoms with van der Waals surface area (Å²) < 4.78 is 58.1. The lowest BCUT2D eigenvalue weighted by molar-refractivity contribution is -0.127. The average molecular weight is 797 g/mol. The van der Waals surface area contributed by atoms with Gasteiger partial charge in [0.05, 0.1) is 20.8 Å². The number of alkyl halides is 1. The molecule has 3 atom stereocenters. The smallest absolute Gasteiger partial charge is 0.407 e. The van der Waals surface area contributed by atoms with Crippen LogP contribution >= 0.6 is 22.9 Å². The maximum atomic E-state index is 17.1. The van der Waals surface area contributed by atoms with Crippen LogP contribution in [0.4, 0.5) is 28.8 Å². The largest absolute Gasteiger partial charge is 0.461 e. The van der Waals surface area contributed by atoms with Crippen LogP contribution in [0.5, 0.6) is 6.01 Å². The molecule has 55 heavy (non-hydrogen) atoms. The van der Waals surface area contributed by atoms with Gasteiger partial charge in [-0.1, -0.05) is 31.2 Å². The van der Waals surface area contributed by atoms with Gasteiger partial charge in [-0.25, -0.2) is 18.0 Å². The molecule has 12 nitrogen and oxygen atoms in total. The zero-order chi connectivity index (χ0) is 39.2. The number of thiophene rings is 1. The highest BCUT2D eigenvalue weighted by molar-refractivity contribution is 7.23. The molecule has 4 aromatic rings. The number of halogens is 4. The molecule has 3 fully saturated rings. The Labute approximate surface area is 324 Å². The van der Waals surface area contributed by atoms with Crippen LogP contribution in [-0.4, -0.2) is 102 Å². The van der Waals surface area contributed by atoms with E-state index in [1.807, 2.05) is 24.8 Å². The Balaban J connectivity index is 1.22. The van der Waals surface area contributed by atoms with Crippen LogP contribution in [0.3, 0.4) is 0 Å². The molecule has 0 spiro atoms. The molecule has 290 valence electrons. The van der Waals surface area contributed by atoms with Crippen molar-refractivity contribution in [3.63, 3.8) is 0 Å². The number of nitrogens with one attached hydrogen (secondary N) is 1. The number of aromatic nitrogens is 2. The first-order chi connectivity index (χ1) is 26.3. The lowest BCUT2D eigenvalue weighted by Crippen LogP contribution is -2.49. The van der Waals surface area contributed by atoms with E-state index >= 15 is 4.39 Å². The number of fused-ring (bicyclic) bond motifs is 3. The second-order valence-electron chi connectivity index (χ2n) is 14.3. The summed E-state index contributed by atoms with van der Waals surface area (Å²) in [5.74, 6) is -1.52. The number of carbonyl (C=O) groups is 2. The molecule has 0 aliphatic carbocycles. The lowest BCUT2D eigenvalue weighted by Gasteiger charge is -2.36. The first-order valence-corrected chi connectivity index (χ1v) is 19.3. The van der Waals surface area contributed by atoms with E-state index < -0.39 is 29.4 Å². The molecule has 0 saturated carbocycles. The third-order valence-corrected chi connectivity index (χ3v) is 12.1. The number of rotatable bonds is 10. The number of hydrogen-bond donors (Lipinski definition) is 2. The first kappa shape index (κ1) is 38.4. The zero-order valence-electron chi connectivity index (χ0n) is 30.4. The van der Waals surface area contributed by atoms with Gasteiger partial charge in [-0.3, -0.25) is 9.69 Å². The zero-order valence-corrected chi connectivity index (χ0v) is 32.0. The van der Waals surface area contributed by atoms with Crippen LogP contribution < -0.4 is 20.7 Å². The Bertz CT molecular complexity index is 2240. The Hall–Kier alpha value is -4.85. The minimum atomic E-state index is -0.986. The molecule has 2 amide bonds. The molecular formula is C38H40ClF3N8O4S. The van der Waals surface area contributed by atoms with E-state index in [4.69, 9.17) is 31.8 Å². The number of alkyl carbamates (subject to hydrolysis) is 1. The molecule has 2 unspecified atom stereocenters. The number of ether oxygens (including phenoxy) is 2. The fourth-order valence-corrected chi connectivity index (χ4v) is 9.02. The van der Waals surface area contributed by atoms with Crippen LogP contribution in [-0.2, 0) is 9.53 Å². The number of nitrogen functional groups attached to an aromatic ring is 1. The van der Waals surface area contributed by atoms with Crippen molar-refractivity contribution in [1.29, 1.82) is 5.26 Å². The minimum absolute atomic E-state index is 0.0107. The number of benzene rings is 2.